The Morgan fingerprint density at radius 1 is 1.11 bits per heavy atom. The molecule has 0 radical (unpaired) electrons. The molecule has 98 valence electrons. The van der Waals surface area contributed by atoms with E-state index in [2.05, 4.69) is 6.92 Å². The Bertz CT molecular complexity index is 583. The fourth-order valence-corrected chi connectivity index (χ4v) is 2.16. The van der Waals surface area contributed by atoms with Gasteiger partial charge >= 0.3 is 0 Å². The number of carbonyl (C=O) groups is 1. The van der Waals surface area contributed by atoms with E-state index in [9.17, 15) is 4.79 Å². The molecule has 2 rings (SSSR count). The van der Waals surface area contributed by atoms with Gasteiger partial charge in [-0.2, -0.15) is 0 Å². The van der Waals surface area contributed by atoms with Crippen molar-refractivity contribution in [3.63, 3.8) is 0 Å². The summed E-state index contributed by atoms with van der Waals surface area (Å²) in [6.45, 7) is 3.70. The number of hydrogen-bond acceptors (Lipinski definition) is 2. The van der Waals surface area contributed by atoms with Gasteiger partial charge in [-0.15, -0.1) is 0 Å². The Morgan fingerprint density at radius 2 is 1.79 bits per heavy atom. The second-order valence-corrected chi connectivity index (χ2v) is 4.51. The highest BCUT2D eigenvalue weighted by Gasteiger charge is 2.07. The largest absolute Gasteiger partial charge is 0.497 e. The zero-order chi connectivity index (χ0) is 13.8. The number of rotatable bonds is 4. The van der Waals surface area contributed by atoms with Crippen molar-refractivity contribution in [2.45, 2.75) is 20.3 Å². The van der Waals surface area contributed by atoms with Gasteiger partial charge in [0.25, 0.3) is 0 Å². The molecule has 0 bridgehead atoms. The van der Waals surface area contributed by atoms with Crippen LogP contribution in [0.2, 0.25) is 0 Å². The van der Waals surface area contributed by atoms with Crippen molar-refractivity contribution >= 4 is 5.78 Å². The molecule has 0 aliphatic carbocycles. The molecule has 0 spiro atoms. The van der Waals surface area contributed by atoms with Crippen LogP contribution in [0.5, 0.6) is 5.75 Å². The minimum Gasteiger partial charge on any atom is -0.497 e. The van der Waals surface area contributed by atoms with Crippen LogP contribution < -0.4 is 4.74 Å². The Balaban J connectivity index is 2.45. The predicted octanol–water partition coefficient (Wildman–Crippen LogP) is 4.13. The third-order valence-corrected chi connectivity index (χ3v) is 3.29. The highest BCUT2D eigenvalue weighted by Crippen LogP contribution is 2.27. The molecule has 0 heterocycles. The average Bonchev–Trinajstić information content (AvgIpc) is 2.46. The fraction of sp³-hybridized carbons (Fsp3) is 0.235. The van der Waals surface area contributed by atoms with E-state index < -0.39 is 0 Å². The van der Waals surface area contributed by atoms with E-state index in [-0.39, 0.29) is 5.78 Å². The first kappa shape index (κ1) is 13.3. The number of hydrogen-bond donors (Lipinski definition) is 0. The molecule has 0 unspecified atom stereocenters. The molecule has 2 nitrogen and oxygen atoms in total. The summed E-state index contributed by atoms with van der Waals surface area (Å²) in [7, 11) is 1.66. The van der Waals surface area contributed by atoms with Gasteiger partial charge in [0.2, 0.25) is 0 Å². The topological polar surface area (TPSA) is 26.3 Å². The van der Waals surface area contributed by atoms with Gasteiger partial charge in [-0.1, -0.05) is 31.2 Å². The first-order valence-corrected chi connectivity index (χ1v) is 6.44. The summed E-state index contributed by atoms with van der Waals surface area (Å²) in [4.78, 5) is 11.4. The minimum atomic E-state index is 0.107. The van der Waals surface area contributed by atoms with Crippen LogP contribution >= 0.6 is 0 Å². The lowest BCUT2D eigenvalue weighted by molar-refractivity contribution is 0.101. The molecule has 0 saturated heterocycles. The third kappa shape index (κ3) is 2.84. The first-order valence-electron chi connectivity index (χ1n) is 6.44. The number of methoxy groups -OCH3 is 1. The monoisotopic (exact) mass is 254 g/mol. The maximum atomic E-state index is 11.4. The molecule has 0 aliphatic heterocycles. The summed E-state index contributed by atoms with van der Waals surface area (Å²) in [6, 6.07) is 13.9. The number of carbonyl (C=O) groups excluding carboxylic acids is 1. The second-order valence-electron chi connectivity index (χ2n) is 4.51. The molecular formula is C17H18O2. The van der Waals surface area contributed by atoms with E-state index in [4.69, 9.17) is 4.74 Å². The van der Waals surface area contributed by atoms with Crippen molar-refractivity contribution in [2.24, 2.45) is 0 Å². The summed E-state index contributed by atoms with van der Waals surface area (Å²) in [5.74, 6) is 0.957. The molecule has 2 aromatic carbocycles. The van der Waals surface area contributed by atoms with E-state index in [0.717, 1.165) is 23.3 Å². The lowest BCUT2D eigenvalue weighted by Gasteiger charge is -2.10. The molecule has 2 aromatic rings. The van der Waals surface area contributed by atoms with Gasteiger partial charge in [-0.3, -0.25) is 4.79 Å². The van der Waals surface area contributed by atoms with E-state index in [1.807, 2.05) is 42.5 Å². The lowest BCUT2D eigenvalue weighted by atomic mass is 9.95. The summed E-state index contributed by atoms with van der Waals surface area (Å²) < 4.78 is 5.17. The Morgan fingerprint density at radius 3 is 2.32 bits per heavy atom. The molecular weight excluding hydrogens is 236 g/mol. The number of aryl methyl sites for hydroxylation is 1. The van der Waals surface area contributed by atoms with E-state index in [1.165, 1.54) is 11.1 Å². The number of ether oxygens (including phenoxy) is 1. The molecule has 0 aromatic heterocycles. The lowest BCUT2D eigenvalue weighted by Crippen LogP contribution is -1.96. The van der Waals surface area contributed by atoms with Gasteiger partial charge in [-0.05, 0) is 48.2 Å². The number of benzene rings is 2. The van der Waals surface area contributed by atoms with Gasteiger partial charge in [0.1, 0.15) is 5.75 Å². The fourth-order valence-electron chi connectivity index (χ4n) is 2.16. The highest BCUT2D eigenvalue weighted by atomic mass is 16.5. The van der Waals surface area contributed by atoms with E-state index in [1.54, 1.807) is 14.0 Å². The quantitative estimate of drug-likeness (QED) is 0.767. The van der Waals surface area contributed by atoms with Crippen LogP contribution in [0.4, 0.5) is 0 Å². The molecule has 0 amide bonds. The maximum Gasteiger partial charge on any atom is 0.159 e. The first-order chi connectivity index (χ1) is 9.15. The van der Waals surface area contributed by atoms with Crippen molar-refractivity contribution in [1.29, 1.82) is 0 Å². The van der Waals surface area contributed by atoms with Crippen molar-refractivity contribution in [1.82, 2.24) is 0 Å². The SMILES string of the molecule is CCc1cc(C(C)=O)ccc1-c1ccc(OC)cc1. The standard InChI is InChI=1S/C17H18O2/c1-4-13-11-15(12(2)18)7-10-17(13)14-5-8-16(19-3)9-6-14/h5-11H,4H2,1-3H3. The van der Waals surface area contributed by atoms with E-state index >= 15 is 0 Å². The van der Waals surface area contributed by atoms with Crippen molar-refractivity contribution in [3.8, 4) is 16.9 Å². The van der Waals surface area contributed by atoms with Gasteiger partial charge < -0.3 is 4.74 Å². The van der Waals surface area contributed by atoms with E-state index in [0.29, 0.717) is 0 Å². The summed E-state index contributed by atoms with van der Waals surface area (Å²) in [6.07, 6.45) is 0.905. The smallest absolute Gasteiger partial charge is 0.159 e. The van der Waals surface area contributed by atoms with Gasteiger partial charge in [0.05, 0.1) is 7.11 Å². The highest BCUT2D eigenvalue weighted by molar-refractivity contribution is 5.95. The van der Waals surface area contributed by atoms with Gasteiger partial charge in [0.15, 0.2) is 5.78 Å². The number of Topliss-reactive ketones (excluding diaryl/α,β-unsaturated/α-hetero) is 1. The van der Waals surface area contributed by atoms with Crippen LogP contribution in [-0.4, -0.2) is 12.9 Å². The van der Waals surface area contributed by atoms with Crippen LogP contribution in [0, 0.1) is 0 Å². The molecule has 0 saturated carbocycles. The van der Waals surface area contributed by atoms with Crippen molar-refractivity contribution in [3.05, 3.63) is 53.6 Å². The molecule has 19 heavy (non-hydrogen) atoms. The predicted molar refractivity (Wildman–Crippen MR) is 77.8 cm³/mol. The molecule has 0 aliphatic rings. The Labute approximate surface area is 114 Å². The van der Waals surface area contributed by atoms with Gasteiger partial charge in [-0.25, -0.2) is 0 Å². The summed E-state index contributed by atoms with van der Waals surface area (Å²) in [5, 5.41) is 0. The molecule has 0 atom stereocenters. The zero-order valence-electron chi connectivity index (χ0n) is 11.6. The van der Waals surface area contributed by atoms with Crippen molar-refractivity contribution in [2.75, 3.05) is 7.11 Å². The van der Waals surface area contributed by atoms with Crippen molar-refractivity contribution < 1.29 is 9.53 Å². The van der Waals surface area contributed by atoms with Crippen LogP contribution in [0.15, 0.2) is 42.5 Å². The average molecular weight is 254 g/mol. The zero-order valence-corrected chi connectivity index (χ0v) is 11.6. The van der Waals surface area contributed by atoms with Crippen LogP contribution in [-0.2, 0) is 6.42 Å². The maximum absolute atomic E-state index is 11.4. The van der Waals surface area contributed by atoms with Gasteiger partial charge in [0, 0.05) is 5.56 Å². The van der Waals surface area contributed by atoms with Crippen LogP contribution in [0.3, 0.4) is 0 Å². The van der Waals surface area contributed by atoms with Crippen LogP contribution in [0.25, 0.3) is 11.1 Å². The number of ketones is 1. The summed E-state index contributed by atoms with van der Waals surface area (Å²) >= 11 is 0. The van der Waals surface area contributed by atoms with Crippen LogP contribution in [0.1, 0.15) is 29.8 Å². The minimum absolute atomic E-state index is 0.107. The Hall–Kier alpha value is -2.09. The third-order valence-electron chi connectivity index (χ3n) is 3.29. The normalized spacial score (nSPS) is 10.3. The molecule has 0 fully saturated rings. The Kier molecular flexibility index (Phi) is 4.00. The summed E-state index contributed by atoms with van der Waals surface area (Å²) in [5.41, 5.74) is 4.29. The second kappa shape index (κ2) is 5.70. The molecule has 0 N–H and O–H groups in total. The molecule has 2 heteroatoms.